The van der Waals surface area contributed by atoms with Crippen LogP contribution in [0.2, 0.25) is 0 Å². The Labute approximate surface area is 90.9 Å². The van der Waals surface area contributed by atoms with Crippen LogP contribution in [0, 0.1) is 5.92 Å². The average molecular weight is 203 g/mol. The highest BCUT2D eigenvalue weighted by molar-refractivity contribution is 6.02. The van der Waals surface area contributed by atoms with Crippen molar-refractivity contribution in [3.8, 4) is 0 Å². The zero-order valence-electron chi connectivity index (χ0n) is 9.15. The van der Waals surface area contributed by atoms with Gasteiger partial charge < -0.3 is 4.84 Å². The Kier molecular flexibility index (Phi) is 3.38. The maximum atomic E-state index is 5.21. The number of benzene rings is 1. The van der Waals surface area contributed by atoms with Crippen LogP contribution >= 0.6 is 0 Å². The van der Waals surface area contributed by atoms with Gasteiger partial charge in [0.05, 0.1) is 5.71 Å². The van der Waals surface area contributed by atoms with E-state index in [1.807, 2.05) is 18.2 Å². The summed E-state index contributed by atoms with van der Waals surface area (Å²) in [5.74, 6) is 0.493. The molecule has 2 rings (SSSR count). The molecule has 0 bridgehead atoms. The van der Waals surface area contributed by atoms with Crippen LogP contribution in [0.25, 0.3) is 0 Å². The highest BCUT2D eigenvalue weighted by atomic mass is 16.6. The van der Waals surface area contributed by atoms with Gasteiger partial charge in [0, 0.05) is 5.92 Å². The minimum Gasteiger partial charge on any atom is -0.395 e. The third kappa shape index (κ3) is 2.38. The van der Waals surface area contributed by atoms with E-state index in [-0.39, 0.29) is 0 Å². The normalized spacial score (nSPS) is 19.8. The molecule has 15 heavy (non-hydrogen) atoms. The molecule has 1 atom stereocenters. The average Bonchev–Trinajstić information content (AvgIpc) is 2.75. The van der Waals surface area contributed by atoms with Gasteiger partial charge in [-0.1, -0.05) is 55.3 Å². The van der Waals surface area contributed by atoms with Gasteiger partial charge in [0.25, 0.3) is 0 Å². The highest BCUT2D eigenvalue weighted by Crippen LogP contribution is 2.21. The molecule has 1 unspecified atom stereocenters. The molecule has 0 aliphatic carbocycles. The van der Waals surface area contributed by atoms with Crippen molar-refractivity contribution in [3.05, 3.63) is 35.9 Å². The molecule has 1 aliphatic heterocycles. The molecule has 0 radical (unpaired) electrons. The van der Waals surface area contributed by atoms with E-state index in [2.05, 4.69) is 24.2 Å². The molecule has 0 saturated carbocycles. The summed E-state index contributed by atoms with van der Waals surface area (Å²) in [5, 5.41) is 4.16. The summed E-state index contributed by atoms with van der Waals surface area (Å²) in [6.45, 7) is 2.97. The second-order valence-electron chi connectivity index (χ2n) is 3.98. The van der Waals surface area contributed by atoms with Gasteiger partial charge in [-0.3, -0.25) is 0 Å². The summed E-state index contributed by atoms with van der Waals surface area (Å²) < 4.78 is 0. The first kappa shape index (κ1) is 10.2. The van der Waals surface area contributed by atoms with Crippen molar-refractivity contribution in [2.24, 2.45) is 11.1 Å². The van der Waals surface area contributed by atoms with E-state index in [0.29, 0.717) is 5.92 Å². The van der Waals surface area contributed by atoms with Crippen molar-refractivity contribution in [1.82, 2.24) is 0 Å². The number of nitrogens with zero attached hydrogens (tertiary/aromatic N) is 1. The number of oxime groups is 1. The number of unbranched alkanes of at least 4 members (excludes halogenated alkanes) is 1. The van der Waals surface area contributed by atoms with Crippen LogP contribution in [0.1, 0.15) is 31.7 Å². The van der Waals surface area contributed by atoms with Gasteiger partial charge in [-0.05, 0) is 12.0 Å². The van der Waals surface area contributed by atoms with Gasteiger partial charge in [0.2, 0.25) is 0 Å². The van der Waals surface area contributed by atoms with Gasteiger partial charge in [-0.15, -0.1) is 0 Å². The Morgan fingerprint density at radius 2 is 2.13 bits per heavy atom. The van der Waals surface area contributed by atoms with Gasteiger partial charge >= 0.3 is 0 Å². The number of rotatable bonds is 4. The maximum absolute atomic E-state index is 5.21. The molecule has 0 saturated heterocycles. The zero-order chi connectivity index (χ0) is 10.5. The van der Waals surface area contributed by atoms with E-state index < -0.39 is 0 Å². The zero-order valence-corrected chi connectivity index (χ0v) is 9.15. The minimum absolute atomic E-state index is 0.493. The monoisotopic (exact) mass is 203 g/mol. The molecule has 1 aliphatic rings. The predicted molar refractivity (Wildman–Crippen MR) is 61.9 cm³/mol. The van der Waals surface area contributed by atoms with Gasteiger partial charge in [-0.25, -0.2) is 0 Å². The lowest BCUT2D eigenvalue weighted by Gasteiger charge is -2.09. The number of hydrogen-bond donors (Lipinski definition) is 0. The summed E-state index contributed by atoms with van der Waals surface area (Å²) in [5.41, 5.74) is 2.33. The van der Waals surface area contributed by atoms with Crippen molar-refractivity contribution >= 4 is 5.71 Å². The van der Waals surface area contributed by atoms with E-state index >= 15 is 0 Å². The summed E-state index contributed by atoms with van der Waals surface area (Å²) in [6, 6.07) is 10.3. The Balaban J connectivity index is 2.08. The van der Waals surface area contributed by atoms with Crippen LogP contribution in [0.4, 0.5) is 0 Å². The summed E-state index contributed by atoms with van der Waals surface area (Å²) in [6.07, 6.45) is 3.67. The fourth-order valence-electron chi connectivity index (χ4n) is 1.92. The van der Waals surface area contributed by atoms with Gasteiger partial charge in [0.1, 0.15) is 6.61 Å². The molecule has 1 heterocycles. The van der Waals surface area contributed by atoms with Crippen molar-refractivity contribution < 1.29 is 4.84 Å². The van der Waals surface area contributed by atoms with Crippen LogP contribution in [0.5, 0.6) is 0 Å². The molecule has 0 amide bonds. The fraction of sp³-hybridized carbons (Fsp3) is 0.462. The predicted octanol–water partition coefficient (Wildman–Crippen LogP) is 3.23. The second-order valence-corrected chi connectivity index (χ2v) is 3.98. The largest absolute Gasteiger partial charge is 0.395 e. The van der Waals surface area contributed by atoms with Crippen LogP contribution in [0.3, 0.4) is 0 Å². The maximum Gasteiger partial charge on any atom is 0.125 e. The molecule has 0 N–H and O–H groups in total. The van der Waals surface area contributed by atoms with Crippen LogP contribution in [0.15, 0.2) is 35.5 Å². The second kappa shape index (κ2) is 4.96. The number of hydrogen-bond acceptors (Lipinski definition) is 2. The molecule has 2 nitrogen and oxygen atoms in total. The Morgan fingerprint density at radius 3 is 2.87 bits per heavy atom. The lowest BCUT2D eigenvalue weighted by atomic mass is 9.93. The Hall–Kier alpha value is -1.31. The summed E-state index contributed by atoms with van der Waals surface area (Å²) in [7, 11) is 0. The topological polar surface area (TPSA) is 21.6 Å². The van der Waals surface area contributed by atoms with E-state index in [9.17, 15) is 0 Å². The molecule has 1 aromatic rings. The van der Waals surface area contributed by atoms with E-state index in [1.165, 1.54) is 24.8 Å². The Bertz CT molecular complexity index is 332. The lowest BCUT2D eigenvalue weighted by Crippen LogP contribution is -2.14. The fourth-order valence-corrected chi connectivity index (χ4v) is 1.92. The van der Waals surface area contributed by atoms with E-state index in [4.69, 9.17) is 4.84 Å². The van der Waals surface area contributed by atoms with Crippen molar-refractivity contribution in [2.75, 3.05) is 6.61 Å². The SMILES string of the molecule is CCCCC1CON=C1c1ccccc1. The Morgan fingerprint density at radius 1 is 1.33 bits per heavy atom. The lowest BCUT2D eigenvalue weighted by molar-refractivity contribution is 0.152. The third-order valence-electron chi connectivity index (χ3n) is 2.80. The van der Waals surface area contributed by atoms with Gasteiger partial charge in [-0.2, -0.15) is 0 Å². The van der Waals surface area contributed by atoms with Crippen molar-refractivity contribution in [1.29, 1.82) is 0 Å². The summed E-state index contributed by atoms with van der Waals surface area (Å²) >= 11 is 0. The van der Waals surface area contributed by atoms with Crippen LogP contribution < -0.4 is 0 Å². The third-order valence-corrected chi connectivity index (χ3v) is 2.80. The summed E-state index contributed by atoms with van der Waals surface area (Å²) in [4.78, 5) is 5.21. The first-order chi connectivity index (χ1) is 7.42. The molecule has 0 fully saturated rings. The highest BCUT2D eigenvalue weighted by Gasteiger charge is 2.23. The first-order valence-corrected chi connectivity index (χ1v) is 5.67. The smallest absolute Gasteiger partial charge is 0.125 e. The van der Waals surface area contributed by atoms with E-state index in [1.54, 1.807) is 0 Å². The van der Waals surface area contributed by atoms with Crippen LogP contribution in [-0.2, 0) is 4.84 Å². The van der Waals surface area contributed by atoms with Gasteiger partial charge in [0.15, 0.2) is 0 Å². The van der Waals surface area contributed by atoms with Crippen LogP contribution in [-0.4, -0.2) is 12.3 Å². The van der Waals surface area contributed by atoms with Crippen molar-refractivity contribution in [3.63, 3.8) is 0 Å². The molecular weight excluding hydrogens is 186 g/mol. The molecule has 1 aromatic carbocycles. The molecule has 0 aromatic heterocycles. The molecule has 2 heteroatoms. The van der Waals surface area contributed by atoms with Crippen molar-refractivity contribution in [2.45, 2.75) is 26.2 Å². The van der Waals surface area contributed by atoms with E-state index in [0.717, 1.165) is 12.3 Å². The molecule has 0 spiro atoms. The first-order valence-electron chi connectivity index (χ1n) is 5.67. The quantitative estimate of drug-likeness (QED) is 0.736. The molecular formula is C13H17NO. The molecule has 80 valence electrons. The minimum atomic E-state index is 0.493. The standard InChI is InChI=1S/C13H17NO/c1-2-3-7-12-10-15-14-13(12)11-8-5-4-6-9-11/h4-6,8-9,12H,2-3,7,10H2,1H3.